The second kappa shape index (κ2) is 14.7. The molecule has 0 N–H and O–H groups in total. The van der Waals surface area contributed by atoms with Crippen molar-refractivity contribution in [3.05, 3.63) is 31.5 Å². The van der Waals surface area contributed by atoms with Crippen LogP contribution in [0.5, 0.6) is 0 Å². The highest BCUT2D eigenvalue weighted by Crippen LogP contribution is 2.12. The zero-order valence-corrected chi connectivity index (χ0v) is 26.4. The van der Waals surface area contributed by atoms with E-state index in [1.807, 2.05) is 41.5 Å². The molecule has 210 valence electrons. The Morgan fingerprint density at radius 1 is 0.444 bits per heavy atom. The van der Waals surface area contributed by atoms with Crippen molar-refractivity contribution in [1.82, 2.24) is 13.7 Å². The normalized spacial score (nSPS) is 12.9. The zero-order chi connectivity index (χ0) is 27.6. The molecule has 0 aromatic carbocycles. The number of nitrogens with zero attached hydrogens (tertiary/aromatic N) is 3. The largest absolute Gasteiger partial charge is 0.394 e. The highest BCUT2D eigenvalue weighted by atomic mass is 28.4. The average Bonchev–Trinajstić information content (AvgIpc) is 2.78. The minimum Gasteiger partial charge on any atom is -0.394 e. The summed E-state index contributed by atoms with van der Waals surface area (Å²) in [6, 6.07) is 0. The summed E-state index contributed by atoms with van der Waals surface area (Å²) in [5, 5.41) is 0. The van der Waals surface area contributed by atoms with E-state index in [9.17, 15) is 14.4 Å². The lowest BCUT2D eigenvalue weighted by Crippen LogP contribution is -2.63. The third-order valence-electron chi connectivity index (χ3n) is 5.42. The van der Waals surface area contributed by atoms with Gasteiger partial charge in [0.25, 0.3) is 0 Å². The van der Waals surface area contributed by atoms with E-state index in [0.29, 0.717) is 39.6 Å². The van der Waals surface area contributed by atoms with Gasteiger partial charge in [-0.2, -0.15) is 0 Å². The van der Waals surface area contributed by atoms with Gasteiger partial charge in [0.1, 0.15) is 0 Å². The molecule has 0 amide bonds. The molecule has 36 heavy (non-hydrogen) atoms. The molecule has 0 radical (unpaired) electrons. The molecule has 0 aliphatic heterocycles. The van der Waals surface area contributed by atoms with Crippen molar-refractivity contribution in [3.8, 4) is 0 Å². The van der Waals surface area contributed by atoms with Crippen LogP contribution in [0.25, 0.3) is 0 Å². The van der Waals surface area contributed by atoms with Gasteiger partial charge >= 0.3 is 42.8 Å². The lowest BCUT2D eigenvalue weighted by Gasteiger charge is -2.30. The Morgan fingerprint density at radius 3 is 0.750 bits per heavy atom. The molecule has 1 aromatic rings. The van der Waals surface area contributed by atoms with Crippen LogP contribution in [0.3, 0.4) is 0 Å². The Bertz CT molecular complexity index is 823. The number of hydrogen-bond donors (Lipinski definition) is 0. The van der Waals surface area contributed by atoms with Crippen LogP contribution in [0.4, 0.5) is 0 Å². The lowest BCUT2D eigenvalue weighted by atomic mass is 10.8. The molecule has 12 nitrogen and oxygen atoms in total. The van der Waals surface area contributed by atoms with Crippen LogP contribution in [0, 0.1) is 0 Å². The van der Waals surface area contributed by atoms with E-state index < -0.39 is 42.8 Å². The third-order valence-corrected chi connectivity index (χ3v) is 13.5. The average molecular weight is 568 g/mol. The fraction of sp³-hybridized carbons (Fsp3) is 0.857. The molecule has 0 spiro atoms. The molecular weight excluding hydrogens is 523 g/mol. The number of hydrogen-bond acceptors (Lipinski definition) is 9. The standard InChI is InChI=1S/C21H45N3O9Si3/c1-10-28-34(7,29-11-2)16-22-19(25)23(17-35(8,30-12-3)31-13-4)21(27)24(20(22)26)18-36(9,32-14-5)33-15-6/h10-18H2,1-9H3. The summed E-state index contributed by atoms with van der Waals surface area (Å²) in [7, 11) is -8.89. The van der Waals surface area contributed by atoms with Crippen LogP contribution in [-0.4, -0.2) is 79.0 Å². The summed E-state index contributed by atoms with van der Waals surface area (Å²) < 4.78 is 38.5. The summed E-state index contributed by atoms with van der Waals surface area (Å²) in [5.74, 6) is 0. The van der Waals surface area contributed by atoms with Crippen molar-refractivity contribution in [2.24, 2.45) is 0 Å². The van der Waals surface area contributed by atoms with Crippen molar-refractivity contribution < 1.29 is 26.6 Å². The molecule has 0 atom stereocenters. The number of aromatic nitrogens is 3. The Morgan fingerprint density at radius 2 is 0.611 bits per heavy atom. The van der Waals surface area contributed by atoms with Gasteiger partial charge in [-0.25, -0.2) is 28.1 Å². The quantitative estimate of drug-likeness (QED) is 0.241. The van der Waals surface area contributed by atoms with Gasteiger partial charge in [-0.3, -0.25) is 0 Å². The monoisotopic (exact) mass is 567 g/mol. The minimum absolute atomic E-state index is 0.0737. The van der Waals surface area contributed by atoms with Gasteiger partial charge in [0.15, 0.2) is 0 Å². The first-order valence-electron chi connectivity index (χ1n) is 12.7. The molecule has 0 saturated heterocycles. The first-order chi connectivity index (χ1) is 16.9. The van der Waals surface area contributed by atoms with Gasteiger partial charge in [0, 0.05) is 39.6 Å². The van der Waals surface area contributed by atoms with Crippen LogP contribution in [0.15, 0.2) is 14.4 Å². The maximum Gasteiger partial charge on any atom is 0.355 e. The Kier molecular flexibility index (Phi) is 13.4. The highest BCUT2D eigenvalue weighted by molar-refractivity contribution is 6.65. The van der Waals surface area contributed by atoms with Gasteiger partial charge in [-0.15, -0.1) is 0 Å². The minimum atomic E-state index is -2.96. The molecule has 0 bridgehead atoms. The first-order valence-corrected chi connectivity index (χ1v) is 20.2. The Labute approximate surface area is 216 Å². The zero-order valence-electron chi connectivity index (χ0n) is 23.4. The van der Waals surface area contributed by atoms with Crippen LogP contribution in [-0.2, 0) is 45.1 Å². The first kappa shape index (κ1) is 32.8. The SMILES string of the molecule is CCO[Si](C)(Cn1c(=O)n(C[Si](C)(OCC)OCC)c(=O)n(C[Si](C)(OCC)OCC)c1=O)OCC. The van der Waals surface area contributed by atoms with Crippen molar-refractivity contribution in [2.75, 3.05) is 39.6 Å². The summed E-state index contributed by atoms with van der Waals surface area (Å²) in [6.45, 7) is 18.5. The second-order valence-electron chi connectivity index (χ2n) is 8.61. The van der Waals surface area contributed by atoms with E-state index in [2.05, 4.69) is 0 Å². The van der Waals surface area contributed by atoms with Gasteiger partial charge in [0.05, 0.1) is 18.5 Å². The van der Waals surface area contributed by atoms with E-state index in [-0.39, 0.29) is 18.5 Å². The molecular formula is C21H45N3O9Si3. The maximum atomic E-state index is 13.6. The molecule has 1 rings (SSSR count). The Balaban J connectivity index is 3.87. The fourth-order valence-electron chi connectivity index (χ4n) is 4.18. The predicted molar refractivity (Wildman–Crippen MR) is 144 cm³/mol. The van der Waals surface area contributed by atoms with Crippen molar-refractivity contribution >= 4 is 25.7 Å². The molecule has 15 heteroatoms. The molecule has 0 fully saturated rings. The predicted octanol–water partition coefficient (Wildman–Crippen LogP) is 1.22. The van der Waals surface area contributed by atoms with Gasteiger partial charge in [-0.05, 0) is 61.2 Å². The third kappa shape index (κ3) is 8.70. The summed E-state index contributed by atoms with van der Waals surface area (Å²) in [5.41, 5.74) is -2.23. The molecule has 1 aromatic heterocycles. The highest BCUT2D eigenvalue weighted by Gasteiger charge is 2.39. The summed E-state index contributed by atoms with van der Waals surface area (Å²) in [4.78, 5) is 40.9. The van der Waals surface area contributed by atoms with Crippen LogP contribution in [0.1, 0.15) is 41.5 Å². The van der Waals surface area contributed by atoms with Crippen molar-refractivity contribution in [1.29, 1.82) is 0 Å². The molecule has 0 aliphatic rings. The smallest absolute Gasteiger partial charge is 0.355 e. The van der Waals surface area contributed by atoms with E-state index in [1.165, 1.54) is 0 Å². The maximum absolute atomic E-state index is 13.6. The van der Waals surface area contributed by atoms with E-state index in [4.69, 9.17) is 26.6 Å². The topological polar surface area (TPSA) is 121 Å². The molecule has 0 unspecified atom stereocenters. The van der Waals surface area contributed by atoms with E-state index >= 15 is 0 Å². The van der Waals surface area contributed by atoms with Crippen LogP contribution < -0.4 is 17.1 Å². The van der Waals surface area contributed by atoms with Crippen molar-refractivity contribution in [2.45, 2.75) is 79.7 Å². The van der Waals surface area contributed by atoms with Gasteiger partial charge in [-0.1, -0.05) is 0 Å². The lowest BCUT2D eigenvalue weighted by molar-refractivity contribution is 0.175. The fourth-order valence-corrected chi connectivity index (χ4v) is 11.2. The number of rotatable bonds is 18. The molecule has 0 saturated carbocycles. The second-order valence-corrected chi connectivity index (χ2v) is 18.1. The molecule has 0 aliphatic carbocycles. The summed E-state index contributed by atoms with van der Waals surface area (Å²) in [6.07, 6.45) is -0.221. The van der Waals surface area contributed by atoms with Crippen molar-refractivity contribution in [3.63, 3.8) is 0 Å². The van der Waals surface area contributed by atoms with Crippen LogP contribution in [0.2, 0.25) is 19.6 Å². The van der Waals surface area contributed by atoms with E-state index in [0.717, 1.165) is 13.7 Å². The molecule has 1 heterocycles. The van der Waals surface area contributed by atoms with E-state index in [1.54, 1.807) is 19.6 Å². The Hall–Kier alpha value is -1.18. The summed E-state index contributed by atoms with van der Waals surface area (Å²) >= 11 is 0. The van der Waals surface area contributed by atoms with Crippen LogP contribution >= 0.6 is 0 Å². The van der Waals surface area contributed by atoms with Gasteiger partial charge < -0.3 is 26.6 Å². The van der Waals surface area contributed by atoms with Gasteiger partial charge in [0.2, 0.25) is 0 Å².